The number of thiocarbonyl (C=S) groups is 1. The van der Waals surface area contributed by atoms with Crippen molar-refractivity contribution in [3.05, 3.63) is 30.3 Å². The van der Waals surface area contributed by atoms with Crippen LogP contribution in [-0.4, -0.2) is 11.0 Å². The van der Waals surface area contributed by atoms with Crippen molar-refractivity contribution in [1.82, 2.24) is 10.9 Å². The minimum atomic E-state index is -0.0202. The number of hydrogen-bond donors (Lipinski definition) is 3. The van der Waals surface area contributed by atoms with Crippen molar-refractivity contribution < 1.29 is 4.79 Å². The number of para-hydroxylation sites is 1. The summed E-state index contributed by atoms with van der Waals surface area (Å²) in [4.78, 5) is 11.7. The van der Waals surface area contributed by atoms with E-state index in [1.807, 2.05) is 30.3 Å². The summed E-state index contributed by atoms with van der Waals surface area (Å²) in [5.41, 5.74) is 6.25. The second-order valence-corrected chi connectivity index (χ2v) is 6.13. The van der Waals surface area contributed by atoms with Crippen LogP contribution in [-0.2, 0) is 4.79 Å². The van der Waals surface area contributed by atoms with Crippen molar-refractivity contribution in [3.8, 4) is 0 Å². The fourth-order valence-electron chi connectivity index (χ4n) is 2.29. The van der Waals surface area contributed by atoms with Gasteiger partial charge in [0.25, 0.3) is 0 Å². The normalized spacial score (nSPS) is 10.1. The molecule has 1 aromatic carbocycles. The van der Waals surface area contributed by atoms with Gasteiger partial charge in [-0.05, 0) is 30.8 Å². The van der Waals surface area contributed by atoms with Gasteiger partial charge in [0.05, 0.1) is 0 Å². The van der Waals surface area contributed by atoms with Crippen LogP contribution in [0, 0.1) is 0 Å². The average molecular weight is 336 g/mol. The van der Waals surface area contributed by atoms with Crippen LogP contribution in [0.1, 0.15) is 64.7 Å². The Morgan fingerprint density at radius 2 is 1.52 bits per heavy atom. The van der Waals surface area contributed by atoms with Gasteiger partial charge in [-0.3, -0.25) is 15.6 Å². The first-order chi connectivity index (χ1) is 11.2. The Morgan fingerprint density at radius 3 is 2.17 bits per heavy atom. The molecule has 0 saturated heterocycles. The first kappa shape index (κ1) is 19.4. The smallest absolute Gasteiger partial charge is 0.238 e. The van der Waals surface area contributed by atoms with Gasteiger partial charge in [-0.1, -0.05) is 70.1 Å². The number of amides is 1. The molecule has 0 bridgehead atoms. The zero-order valence-electron chi connectivity index (χ0n) is 14.1. The number of rotatable bonds is 10. The lowest BCUT2D eigenvalue weighted by Gasteiger charge is -2.11. The maximum absolute atomic E-state index is 11.7. The minimum absolute atomic E-state index is 0.0202. The summed E-state index contributed by atoms with van der Waals surface area (Å²) in [6, 6.07) is 9.61. The number of benzene rings is 1. The molecule has 0 heterocycles. The third-order valence-corrected chi connectivity index (χ3v) is 3.81. The minimum Gasteiger partial charge on any atom is -0.331 e. The number of anilines is 1. The molecule has 3 N–H and O–H groups in total. The Bertz CT molecular complexity index is 451. The molecule has 0 atom stereocenters. The molecule has 1 rings (SSSR count). The van der Waals surface area contributed by atoms with E-state index in [9.17, 15) is 4.79 Å². The molecule has 0 aliphatic carbocycles. The van der Waals surface area contributed by atoms with Gasteiger partial charge in [0.2, 0.25) is 5.91 Å². The van der Waals surface area contributed by atoms with E-state index >= 15 is 0 Å². The highest BCUT2D eigenvalue weighted by Gasteiger charge is 2.02. The van der Waals surface area contributed by atoms with E-state index in [0.29, 0.717) is 11.5 Å². The van der Waals surface area contributed by atoms with Crippen molar-refractivity contribution in [2.75, 3.05) is 5.32 Å². The first-order valence-corrected chi connectivity index (χ1v) is 9.04. The molecule has 0 radical (unpaired) electrons. The molecule has 0 aromatic heterocycles. The third-order valence-electron chi connectivity index (χ3n) is 3.60. The highest BCUT2D eigenvalue weighted by Crippen LogP contribution is 2.09. The third kappa shape index (κ3) is 10.7. The fourth-order valence-corrected chi connectivity index (χ4v) is 2.46. The van der Waals surface area contributed by atoms with Gasteiger partial charge in [-0.25, -0.2) is 0 Å². The number of hydrogen-bond acceptors (Lipinski definition) is 2. The second kappa shape index (κ2) is 12.9. The number of hydrazine groups is 1. The molecule has 23 heavy (non-hydrogen) atoms. The van der Waals surface area contributed by atoms with E-state index in [-0.39, 0.29) is 5.91 Å². The Kier molecular flexibility index (Phi) is 10.9. The predicted octanol–water partition coefficient (Wildman–Crippen LogP) is 4.54. The van der Waals surface area contributed by atoms with Gasteiger partial charge < -0.3 is 5.32 Å². The van der Waals surface area contributed by atoms with Crippen LogP contribution in [0.3, 0.4) is 0 Å². The molecule has 0 saturated carbocycles. The van der Waals surface area contributed by atoms with Crippen LogP contribution in [0.5, 0.6) is 0 Å². The van der Waals surface area contributed by atoms with Crippen molar-refractivity contribution in [2.24, 2.45) is 0 Å². The second-order valence-electron chi connectivity index (χ2n) is 5.72. The van der Waals surface area contributed by atoms with Gasteiger partial charge in [0.15, 0.2) is 5.11 Å². The van der Waals surface area contributed by atoms with Crippen LogP contribution < -0.4 is 16.2 Å². The van der Waals surface area contributed by atoms with Crippen molar-refractivity contribution in [3.63, 3.8) is 0 Å². The highest BCUT2D eigenvalue weighted by atomic mass is 32.1. The molecule has 128 valence electrons. The molecule has 0 aliphatic rings. The van der Waals surface area contributed by atoms with Crippen LogP contribution >= 0.6 is 12.2 Å². The molecule has 1 amide bonds. The van der Waals surface area contributed by atoms with Gasteiger partial charge in [-0.2, -0.15) is 0 Å². The standard InChI is InChI=1S/C18H29N3OS/c1-2-3-4-5-6-7-8-12-15-17(22)20-21-18(23)19-16-13-10-9-11-14-16/h9-11,13-14H,2-8,12,15H2,1H3,(H,20,22)(H2,19,21,23). The quantitative estimate of drug-likeness (QED) is 0.334. The van der Waals surface area contributed by atoms with Gasteiger partial charge in [0, 0.05) is 12.1 Å². The largest absolute Gasteiger partial charge is 0.331 e. The van der Waals surface area contributed by atoms with E-state index in [0.717, 1.165) is 18.5 Å². The van der Waals surface area contributed by atoms with E-state index in [2.05, 4.69) is 23.1 Å². The van der Waals surface area contributed by atoms with Crippen LogP contribution in [0.2, 0.25) is 0 Å². The number of carbonyl (C=O) groups is 1. The summed E-state index contributed by atoms with van der Waals surface area (Å²) in [6.45, 7) is 2.23. The average Bonchev–Trinajstić information content (AvgIpc) is 2.56. The lowest BCUT2D eigenvalue weighted by atomic mass is 10.1. The Balaban J connectivity index is 1.98. The van der Waals surface area contributed by atoms with Gasteiger partial charge >= 0.3 is 0 Å². The molecular weight excluding hydrogens is 306 g/mol. The lowest BCUT2D eigenvalue weighted by molar-refractivity contribution is -0.121. The van der Waals surface area contributed by atoms with Crippen molar-refractivity contribution in [1.29, 1.82) is 0 Å². The van der Waals surface area contributed by atoms with E-state index in [4.69, 9.17) is 12.2 Å². The van der Waals surface area contributed by atoms with Crippen molar-refractivity contribution in [2.45, 2.75) is 64.7 Å². The molecule has 4 nitrogen and oxygen atoms in total. The summed E-state index contributed by atoms with van der Waals surface area (Å²) in [5.74, 6) is -0.0202. The Hall–Kier alpha value is -1.62. The van der Waals surface area contributed by atoms with Crippen LogP contribution in [0.15, 0.2) is 30.3 Å². The van der Waals surface area contributed by atoms with Gasteiger partial charge in [-0.15, -0.1) is 0 Å². The van der Waals surface area contributed by atoms with E-state index in [1.54, 1.807) is 0 Å². The summed E-state index contributed by atoms with van der Waals surface area (Å²) in [7, 11) is 0. The zero-order chi connectivity index (χ0) is 16.8. The molecule has 0 unspecified atom stereocenters. The summed E-state index contributed by atoms with van der Waals surface area (Å²) in [6.07, 6.45) is 10.4. The summed E-state index contributed by atoms with van der Waals surface area (Å²) < 4.78 is 0. The summed E-state index contributed by atoms with van der Waals surface area (Å²) in [5, 5.41) is 3.39. The molecule has 0 spiro atoms. The number of unbranched alkanes of at least 4 members (excludes halogenated alkanes) is 7. The summed E-state index contributed by atoms with van der Waals surface area (Å²) >= 11 is 5.12. The van der Waals surface area contributed by atoms with E-state index < -0.39 is 0 Å². The topological polar surface area (TPSA) is 53.2 Å². The monoisotopic (exact) mass is 335 g/mol. The zero-order valence-corrected chi connectivity index (χ0v) is 14.9. The molecular formula is C18H29N3OS. The maximum Gasteiger partial charge on any atom is 0.238 e. The van der Waals surface area contributed by atoms with Gasteiger partial charge in [0.1, 0.15) is 0 Å². The Morgan fingerprint density at radius 1 is 0.913 bits per heavy atom. The van der Waals surface area contributed by atoms with E-state index in [1.165, 1.54) is 38.5 Å². The first-order valence-electron chi connectivity index (χ1n) is 8.63. The van der Waals surface area contributed by atoms with Crippen LogP contribution in [0.4, 0.5) is 5.69 Å². The molecule has 0 fully saturated rings. The van der Waals surface area contributed by atoms with Crippen LogP contribution in [0.25, 0.3) is 0 Å². The number of carbonyl (C=O) groups excluding carboxylic acids is 1. The molecule has 1 aromatic rings. The molecule has 0 aliphatic heterocycles. The Labute approximate surface area is 145 Å². The highest BCUT2D eigenvalue weighted by molar-refractivity contribution is 7.80. The SMILES string of the molecule is CCCCCCCCCCC(=O)NNC(=S)Nc1ccccc1. The maximum atomic E-state index is 11.7. The predicted molar refractivity (Wildman–Crippen MR) is 101 cm³/mol. The lowest BCUT2D eigenvalue weighted by Crippen LogP contribution is -2.43. The molecule has 5 heteroatoms. The fraction of sp³-hybridized carbons (Fsp3) is 0.556. The number of nitrogens with one attached hydrogen (secondary N) is 3. The van der Waals surface area contributed by atoms with Crippen molar-refractivity contribution >= 4 is 28.9 Å².